The van der Waals surface area contributed by atoms with Crippen molar-refractivity contribution in [1.82, 2.24) is 0 Å². The van der Waals surface area contributed by atoms with E-state index in [1.807, 2.05) is 61.5 Å². The van der Waals surface area contributed by atoms with Crippen molar-refractivity contribution in [1.29, 1.82) is 0 Å². The number of hydrogen-bond donors (Lipinski definition) is 0. The molecule has 1 aliphatic heterocycles. The van der Waals surface area contributed by atoms with Crippen LogP contribution in [-0.4, -0.2) is 31.1 Å². The van der Waals surface area contributed by atoms with Gasteiger partial charge in [-0.05, 0) is 36.1 Å². The molecule has 2 atom stereocenters. The summed E-state index contributed by atoms with van der Waals surface area (Å²) in [5.74, 6) is -1.22. The van der Waals surface area contributed by atoms with Crippen LogP contribution in [0.4, 0.5) is 0 Å². The first-order chi connectivity index (χ1) is 16.0. The summed E-state index contributed by atoms with van der Waals surface area (Å²) in [5.41, 5.74) is 0.823. The zero-order chi connectivity index (χ0) is 22.8. The van der Waals surface area contributed by atoms with Gasteiger partial charge in [0, 0.05) is 23.6 Å². The summed E-state index contributed by atoms with van der Waals surface area (Å²) in [6, 6.07) is 17.0. The Morgan fingerprint density at radius 3 is 2.55 bits per heavy atom. The fourth-order valence-corrected chi connectivity index (χ4v) is 5.03. The number of carbonyl (C=O) groups is 1. The Labute approximate surface area is 193 Å². The Balaban J connectivity index is 1.28. The van der Waals surface area contributed by atoms with E-state index in [1.165, 1.54) is 12.8 Å². The first kappa shape index (κ1) is 22.1. The van der Waals surface area contributed by atoms with Crippen LogP contribution in [0.3, 0.4) is 0 Å². The zero-order valence-electron chi connectivity index (χ0n) is 19.0. The van der Waals surface area contributed by atoms with E-state index < -0.39 is 11.7 Å². The minimum Gasteiger partial charge on any atom is -0.462 e. The van der Waals surface area contributed by atoms with Crippen LogP contribution in [0, 0.1) is 0 Å². The van der Waals surface area contributed by atoms with Gasteiger partial charge in [-0.15, -0.1) is 0 Å². The lowest BCUT2D eigenvalue weighted by Gasteiger charge is -2.26. The number of hydrogen-bond acceptors (Lipinski definition) is 5. The average molecular weight is 447 g/mol. The third-order valence-electron chi connectivity index (χ3n) is 7.01. The van der Waals surface area contributed by atoms with Crippen molar-refractivity contribution in [3.05, 3.63) is 70.4 Å². The van der Waals surface area contributed by atoms with E-state index in [0.29, 0.717) is 17.4 Å². The lowest BCUT2D eigenvalue weighted by molar-refractivity contribution is -0.183. The molecule has 1 heterocycles. The molecule has 3 aromatic rings. The van der Waals surface area contributed by atoms with Crippen molar-refractivity contribution in [2.75, 3.05) is 13.2 Å². The standard InChI is InChI=1S/C28H30O5/c1-19(27(30)31-17-23-18-32-28(33-23)14-6-2-3-7-15-28)21-12-13-25-22(16-21)11-10-20-8-4-5-9-24(20)26(25)29/h4-5,8-13,16,19,23H,2-3,6-7,14-15,17-18H2,1H3. The fourth-order valence-electron chi connectivity index (χ4n) is 5.03. The van der Waals surface area contributed by atoms with E-state index in [0.717, 1.165) is 42.0 Å². The van der Waals surface area contributed by atoms with Gasteiger partial charge in [0.1, 0.15) is 12.7 Å². The predicted octanol–water partition coefficient (Wildman–Crippen LogP) is 5.47. The van der Waals surface area contributed by atoms with Crippen LogP contribution in [0.25, 0.3) is 21.5 Å². The molecule has 1 saturated carbocycles. The number of rotatable bonds is 4. The normalized spacial score (nSPS) is 21.2. The smallest absolute Gasteiger partial charge is 0.313 e. The molecule has 2 unspecified atom stereocenters. The lowest BCUT2D eigenvalue weighted by atomic mass is 9.98. The van der Waals surface area contributed by atoms with Crippen LogP contribution >= 0.6 is 0 Å². The molecule has 1 aliphatic carbocycles. The average Bonchev–Trinajstić information content (AvgIpc) is 3.01. The van der Waals surface area contributed by atoms with E-state index in [4.69, 9.17) is 14.2 Å². The minimum atomic E-state index is -0.480. The van der Waals surface area contributed by atoms with Crippen LogP contribution < -0.4 is 5.43 Å². The summed E-state index contributed by atoms with van der Waals surface area (Å²) >= 11 is 0. The highest BCUT2D eigenvalue weighted by Gasteiger charge is 2.41. The van der Waals surface area contributed by atoms with Crippen molar-refractivity contribution in [3.63, 3.8) is 0 Å². The largest absolute Gasteiger partial charge is 0.462 e. The monoisotopic (exact) mass is 446 g/mol. The van der Waals surface area contributed by atoms with Crippen LogP contribution in [-0.2, 0) is 19.0 Å². The second-order valence-electron chi connectivity index (χ2n) is 9.32. The molecular formula is C28H30O5. The van der Waals surface area contributed by atoms with Gasteiger partial charge in [0.15, 0.2) is 11.2 Å². The SMILES string of the molecule is CC(C(=O)OCC1COC2(CCCCCC2)O1)c1ccc2c(=O)c3ccccc3ccc2c1. The van der Waals surface area contributed by atoms with Crippen molar-refractivity contribution < 1.29 is 19.0 Å². The Morgan fingerprint density at radius 1 is 1.00 bits per heavy atom. The first-order valence-electron chi connectivity index (χ1n) is 12.0. The van der Waals surface area contributed by atoms with Crippen LogP contribution in [0.1, 0.15) is 56.9 Å². The molecule has 33 heavy (non-hydrogen) atoms. The van der Waals surface area contributed by atoms with Crippen LogP contribution in [0.2, 0.25) is 0 Å². The maximum absolute atomic E-state index is 13.0. The van der Waals surface area contributed by atoms with Crippen molar-refractivity contribution in [3.8, 4) is 0 Å². The summed E-state index contributed by atoms with van der Waals surface area (Å²) < 4.78 is 17.8. The second kappa shape index (κ2) is 9.24. The van der Waals surface area contributed by atoms with Gasteiger partial charge >= 0.3 is 5.97 Å². The van der Waals surface area contributed by atoms with Gasteiger partial charge < -0.3 is 14.2 Å². The van der Waals surface area contributed by atoms with Crippen LogP contribution in [0.5, 0.6) is 0 Å². The third-order valence-corrected chi connectivity index (χ3v) is 7.01. The molecule has 5 rings (SSSR count). The molecule has 2 aliphatic rings. The van der Waals surface area contributed by atoms with Gasteiger partial charge in [-0.2, -0.15) is 0 Å². The molecule has 172 valence electrons. The highest BCUT2D eigenvalue weighted by Crippen LogP contribution is 2.37. The van der Waals surface area contributed by atoms with Gasteiger partial charge in [-0.25, -0.2) is 0 Å². The molecule has 1 spiro atoms. The summed E-state index contributed by atoms with van der Waals surface area (Å²) in [6.07, 6.45) is 6.29. The maximum Gasteiger partial charge on any atom is 0.313 e. The fraction of sp³-hybridized carbons (Fsp3) is 0.429. The Kier molecular flexibility index (Phi) is 6.17. The summed E-state index contributed by atoms with van der Waals surface area (Å²) in [4.78, 5) is 25.8. The van der Waals surface area contributed by atoms with Gasteiger partial charge in [0.2, 0.25) is 0 Å². The number of carbonyl (C=O) groups excluding carboxylic acids is 1. The quantitative estimate of drug-likeness (QED) is 0.498. The number of benzene rings is 2. The first-order valence-corrected chi connectivity index (χ1v) is 12.0. The van der Waals surface area contributed by atoms with E-state index >= 15 is 0 Å². The lowest BCUT2D eigenvalue weighted by Crippen LogP contribution is -2.31. The highest BCUT2D eigenvalue weighted by molar-refractivity contribution is 5.94. The Morgan fingerprint density at radius 2 is 1.73 bits per heavy atom. The second-order valence-corrected chi connectivity index (χ2v) is 9.32. The number of fused-ring (bicyclic) bond motifs is 2. The molecule has 5 heteroatoms. The van der Waals surface area contributed by atoms with E-state index in [1.54, 1.807) is 0 Å². The molecule has 1 saturated heterocycles. The van der Waals surface area contributed by atoms with E-state index in [2.05, 4.69) is 0 Å². The van der Waals surface area contributed by atoms with Crippen molar-refractivity contribution >= 4 is 27.5 Å². The zero-order valence-corrected chi connectivity index (χ0v) is 19.0. The number of ether oxygens (including phenoxy) is 3. The molecule has 0 radical (unpaired) electrons. The molecule has 0 amide bonds. The Bertz CT molecular complexity index is 1230. The summed E-state index contributed by atoms with van der Waals surface area (Å²) in [5, 5.41) is 3.05. The van der Waals surface area contributed by atoms with Crippen molar-refractivity contribution in [2.45, 2.75) is 63.3 Å². The molecule has 5 nitrogen and oxygen atoms in total. The van der Waals surface area contributed by atoms with E-state index in [9.17, 15) is 9.59 Å². The van der Waals surface area contributed by atoms with Gasteiger partial charge in [-0.1, -0.05) is 67.4 Å². The highest BCUT2D eigenvalue weighted by atomic mass is 16.8. The third kappa shape index (κ3) is 4.53. The van der Waals surface area contributed by atoms with Gasteiger partial charge in [0.05, 0.1) is 12.5 Å². The number of esters is 1. The topological polar surface area (TPSA) is 61.8 Å². The molecule has 0 N–H and O–H groups in total. The summed E-state index contributed by atoms with van der Waals surface area (Å²) in [7, 11) is 0. The maximum atomic E-state index is 13.0. The summed E-state index contributed by atoms with van der Waals surface area (Å²) in [6.45, 7) is 2.50. The minimum absolute atomic E-state index is 0.00166. The van der Waals surface area contributed by atoms with Crippen LogP contribution in [0.15, 0.2) is 59.4 Å². The molecular weight excluding hydrogens is 416 g/mol. The molecule has 2 fully saturated rings. The Hall–Kier alpha value is -2.76. The predicted molar refractivity (Wildman–Crippen MR) is 128 cm³/mol. The van der Waals surface area contributed by atoms with E-state index in [-0.39, 0.29) is 24.1 Å². The van der Waals surface area contributed by atoms with Gasteiger partial charge in [-0.3, -0.25) is 9.59 Å². The van der Waals surface area contributed by atoms with Crippen molar-refractivity contribution in [2.24, 2.45) is 0 Å². The molecule has 0 bridgehead atoms. The molecule has 3 aromatic carbocycles. The molecule has 0 aromatic heterocycles. The van der Waals surface area contributed by atoms with Gasteiger partial charge in [0.25, 0.3) is 0 Å².